The van der Waals surface area contributed by atoms with Gasteiger partial charge in [-0.2, -0.15) is 0 Å². The Bertz CT molecular complexity index is 573. The smallest absolute Gasteiger partial charge is 0.410 e. The van der Waals surface area contributed by atoms with Crippen LogP contribution in [0.5, 0.6) is 0 Å². The fraction of sp³-hybridized carbons (Fsp3) is 0.529. The van der Waals surface area contributed by atoms with E-state index in [9.17, 15) is 18.4 Å². The van der Waals surface area contributed by atoms with Crippen molar-refractivity contribution in [3.05, 3.63) is 35.9 Å². The maximum absolute atomic E-state index is 13.1. The molecule has 1 aliphatic heterocycles. The highest BCUT2D eigenvalue weighted by Crippen LogP contribution is 2.27. The van der Waals surface area contributed by atoms with Crippen LogP contribution in [0.1, 0.15) is 18.4 Å². The van der Waals surface area contributed by atoms with Crippen molar-refractivity contribution in [3.8, 4) is 0 Å². The quantitative estimate of drug-likeness (QED) is 0.813. The fourth-order valence-corrected chi connectivity index (χ4v) is 2.57. The first kappa shape index (κ1) is 19.1. The highest BCUT2D eigenvalue weighted by molar-refractivity contribution is 5.76. The molecule has 1 fully saturated rings. The molecule has 6 nitrogen and oxygen atoms in total. The van der Waals surface area contributed by atoms with Crippen molar-refractivity contribution in [1.29, 1.82) is 0 Å². The number of hydrogen-bond donors (Lipinski definition) is 1. The molecule has 1 saturated heterocycles. The Labute approximate surface area is 145 Å². The van der Waals surface area contributed by atoms with Gasteiger partial charge in [0.05, 0.1) is 0 Å². The Hall–Kier alpha value is -2.22. The number of aliphatic carboxylic acids is 1. The van der Waals surface area contributed by atoms with Crippen LogP contribution in [0.15, 0.2) is 30.3 Å². The molecule has 0 bridgehead atoms. The first-order valence-corrected chi connectivity index (χ1v) is 8.13. The van der Waals surface area contributed by atoms with Crippen molar-refractivity contribution in [1.82, 2.24) is 9.80 Å². The lowest BCUT2D eigenvalue weighted by Gasteiger charge is -2.32. The number of alkyl halides is 2. The molecule has 1 aromatic carbocycles. The van der Waals surface area contributed by atoms with Gasteiger partial charge in [0.2, 0.25) is 0 Å². The number of benzene rings is 1. The van der Waals surface area contributed by atoms with E-state index in [0.29, 0.717) is 6.54 Å². The van der Waals surface area contributed by atoms with Gasteiger partial charge in [0.1, 0.15) is 13.2 Å². The number of rotatable bonds is 7. The van der Waals surface area contributed by atoms with Crippen LogP contribution in [0.25, 0.3) is 0 Å². The highest BCUT2D eigenvalue weighted by atomic mass is 19.3. The Morgan fingerprint density at radius 2 is 1.84 bits per heavy atom. The number of carbonyl (C=O) groups excluding carboxylic acids is 1. The standard InChI is InChI=1S/C17H22F2N2O4/c18-17(19)6-8-20(9-7-17)10-11-21(12-15(22)23)16(24)25-13-14-4-2-1-3-5-14/h1-5H,6-13H2,(H,22,23). The van der Waals surface area contributed by atoms with E-state index in [4.69, 9.17) is 9.84 Å². The van der Waals surface area contributed by atoms with E-state index >= 15 is 0 Å². The summed E-state index contributed by atoms with van der Waals surface area (Å²) in [5, 5.41) is 8.96. The molecule has 0 unspecified atom stereocenters. The molecule has 0 aliphatic carbocycles. The van der Waals surface area contributed by atoms with Crippen LogP contribution in [0.2, 0.25) is 0 Å². The second-order valence-electron chi connectivity index (χ2n) is 6.05. The zero-order valence-corrected chi connectivity index (χ0v) is 13.9. The molecule has 138 valence electrons. The minimum Gasteiger partial charge on any atom is -0.480 e. The van der Waals surface area contributed by atoms with Gasteiger partial charge in [-0.3, -0.25) is 9.69 Å². The van der Waals surface area contributed by atoms with Gasteiger partial charge in [0.15, 0.2) is 0 Å². The van der Waals surface area contributed by atoms with Crippen molar-refractivity contribution in [2.45, 2.75) is 25.4 Å². The molecule has 0 aromatic heterocycles. The lowest BCUT2D eigenvalue weighted by atomic mass is 10.1. The lowest BCUT2D eigenvalue weighted by Crippen LogP contribution is -2.45. The minimum absolute atomic E-state index is 0.0474. The number of amides is 1. The monoisotopic (exact) mass is 356 g/mol. The predicted octanol–water partition coefficient (Wildman–Crippen LogP) is 2.44. The fourth-order valence-electron chi connectivity index (χ4n) is 2.57. The van der Waals surface area contributed by atoms with Crippen LogP contribution < -0.4 is 0 Å². The molecule has 0 radical (unpaired) electrons. The van der Waals surface area contributed by atoms with Gasteiger partial charge in [-0.05, 0) is 5.56 Å². The first-order valence-electron chi connectivity index (χ1n) is 8.13. The summed E-state index contributed by atoms with van der Waals surface area (Å²) in [4.78, 5) is 26.0. The zero-order chi connectivity index (χ0) is 18.3. The van der Waals surface area contributed by atoms with Crippen LogP contribution in [0.4, 0.5) is 13.6 Å². The van der Waals surface area contributed by atoms with Gasteiger partial charge in [0, 0.05) is 39.0 Å². The van der Waals surface area contributed by atoms with Crippen LogP contribution in [0, 0.1) is 0 Å². The second-order valence-corrected chi connectivity index (χ2v) is 6.05. The molecular formula is C17H22F2N2O4. The molecule has 1 N–H and O–H groups in total. The molecule has 0 saturated carbocycles. The molecule has 0 atom stereocenters. The average Bonchev–Trinajstić information content (AvgIpc) is 2.58. The lowest BCUT2D eigenvalue weighted by molar-refractivity contribution is -0.138. The third-order valence-electron chi connectivity index (χ3n) is 4.06. The van der Waals surface area contributed by atoms with Crippen LogP contribution >= 0.6 is 0 Å². The number of halogens is 2. The summed E-state index contributed by atoms with van der Waals surface area (Å²) in [6, 6.07) is 9.05. The number of likely N-dealkylation sites (tertiary alicyclic amines) is 1. The van der Waals surface area contributed by atoms with E-state index in [0.717, 1.165) is 10.5 Å². The number of carbonyl (C=O) groups is 2. The molecule has 2 rings (SSSR count). The molecule has 1 aliphatic rings. The first-order chi connectivity index (χ1) is 11.9. The summed E-state index contributed by atoms with van der Waals surface area (Å²) in [5.41, 5.74) is 0.796. The third-order valence-corrected chi connectivity index (χ3v) is 4.06. The Morgan fingerprint density at radius 3 is 2.44 bits per heavy atom. The summed E-state index contributed by atoms with van der Waals surface area (Å²) in [6.07, 6.45) is -1.16. The van der Waals surface area contributed by atoms with E-state index in [-0.39, 0.29) is 39.1 Å². The summed E-state index contributed by atoms with van der Waals surface area (Å²) < 4.78 is 31.4. The van der Waals surface area contributed by atoms with E-state index in [1.54, 1.807) is 17.0 Å². The van der Waals surface area contributed by atoms with Crippen molar-refractivity contribution in [3.63, 3.8) is 0 Å². The molecule has 1 aromatic rings. The molecule has 25 heavy (non-hydrogen) atoms. The number of carboxylic acid groups (broad SMARTS) is 1. The maximum Gasteiger partial charge on any atom is 0.410 e. The zero-order valence-electron chi connectivity index (χ0n) is 13.9. The summed E-state index contributed by atoms with van der Waals surface area (Å²) >= 11 is 0. The molecule has 0 spiro atoms. The summed E-state index contributed by atoms with van der Waals surface area (Å²) in [5.74, 6) is -3.78. The van der Waals surface area contributed by atoms with Crippen LogP contribution in [-0.4, -0.2) is 65.6 Å². The van der Waals surface area contributed by atoms with Gasteiger partial charge in [-0.25, -0.2) is 13.6 Å². The Morgan fingerprint density at radius 1 is 1.20 bits per heavy atom. The maximum atomic E-state index is 13.1. The largest absolute Gasteiger partial charge is 0.480 e. The van der Waals surface area contributed by atoms with Crippen molar-refractivity contribution in [2.24, 2.45) is 0 Å². The summed E-state index contributed by atoms with van der Waals surface area (Å²) in [7, 11) is 0. The Kier molecular flexibility index (Phi) is 6.69. The number of nitrogens with zero attached hydrogens (tertiary/aromatic N) is 2. The normalized spacial score (nSPS) is 17.0. The summed E-state index contributed by atoms with van der Waals surface area (Å²) in [6.45, 7) is 0.471. The van der Waals surface area contributed by atoms with Gasteiger partial charge in [-0.1, -0.05) is 30.3 Å². The van der Waals surface area contributed by atoms with Gasteiger partial charge in [0.25, 0.3) is 5.92 Å². The Balaban J connectivity index is 1.83. The van der Waals surface area contributed by atoms with E-state index < -0.39 is 24.5 Å². The third kappa shape index (κ3) is 6.66. The van der Waals surface area contributed by atoms with E-state index in [1.165, 1.54) is 0 Å². The van der Waals surface area contributed by atoms with E-state index in [1.807, 2.05) is 18.2 Å². The van der Waals surface area contributed by atoms with Crippen LogP contribution in [0.3, 0.4) is 0 Å². The molecule has 1 heterocycles. The predicted molar refractivity (Wildman–Crippen MR) is 86.5 cm³/mol. The number of piperidine rings is 1. The average molecular weight is 356 g/mol. The highest BCUT2D eigenvalue weighted by Gasteiger charge is 2.34. The topological polar surface area (TPSA) is 70.1 Å². The van der Waals surface area contributed by atoms with Crippen molar-refractivity contribution < 1.29 is 28.2 Å². The minimum atomic E-state index is -2.63. The van der Waals surface area contributed by atoms with Gasteiger partial charge < -0.3 is 14.7 Å². The number of ether oxygens (including phenoxy) is 1. The molecular weight excluding hydrogens is 334 g/mol. The number of hydrogen-bond acceptors (Lipinski definition) is 4. The van der Waals surface area contributed by atoms with E-state index in [2.05, 4.69) is 0 Å². The van der Waals surface area contributed by atoms with Gasteiger partial charge in [-0.15, -0.1) is 0 Å². The van der Waals surface area contributed by atoms with Crippen LogP contribution in [-0.2, 0) is 16.1 Å². The molecule has 1 amide bonds. The van der Waals surface area contributed by atoms with Gasteiger partial charge >= 0.3 is 12.1 Å². The van der Waals surface area contributed by atoms with Crippen molar-refractivity contribution >= 4 is 12.1 Å². The SMILES string of the molecule is O=C(O)CN(CCN1CCC(F)(F)CC1)C(=O)OCc1ccccc1. The second kappa shape index (κ2) is 8.75. The van der Waals surface area contributed by atoms with Crippen molar-refractivity contribution in [2.75, 3.05) is 32.7 Å². The molecule has 8 heteroatoms. The number of carboxylic acids is 1.